The zero-order chi connectivity index (χ0) is 16.7. The molecule has 0 aliphatic heterocycles. The highest BCUT2D eigenvalue weighted by Gasteiger charge is 2.14. The Hall–Kier alpha value is -1.36. The van der Waals surface area contributed by atoms with Crippen LogP contribution in [-0.2, 0) is 4.84 Å². The zero-order valence-corrected chi connectivity index (χ0v) is 14.6. The molecule has 1 saturated carbocycles. The van der Waals surface area contributed by atoms with E-state index in [-0.39, 0.29) is 6.61 Å². The maximum absolute atomic E-state index is 9.81. The molecule has 1 fully saturated rings. The largest absolute Gasteiger partial charge is 0.393 e. The van der Waals surface area contributed by atoms with Crippen molar-refractivity contribution in [2.45, 2.75) is 31.8 Å². The van der Waals surface area contributed by atoms with Gasteiger partial charge in [0.05, 0.1) is 5.71 Å². The Morgan fingerprint density at radius 2 is 1.96 bits per heavy atom. The number of allylic oxidation sites excluding steroid dienone is 1. The minimum Gasteiger partial charge on any atom is -0.393 e. The predicted molar refractivity (Wildman–Crippen MR) is 95.8 cm³/mol. The summed E-state index contributed by atoms with van der Waals surface area (Å²) in [5.41, 5.74) is 3.32. The van der Waals surface area contributed by atoms with Crippen LogP contribution in [0, 0.1) is 0 Å². The van der Waals surface area contributed by atoms with Gasteiger partial charge in [-0.25, -0.2) is 0 Å². The smallest absolute Gasteiger partial charge is 0.144 e. The van der Waals surface area contributed by atoms with Gasteiger partial charge in [0.2, 0.25) is 0 Å². The fraction of sp³-hybridized carbons (Fsp3) is 0.500. The van der Waals surface area contributed by atoms with Crippen LogP contribution < -0.4 is 0 Å². The third-order valence-electron chi connectivity index (χ3n) is 3.71. The number of hydrogen-bond donors (Lipinski definition) is 1. The van der Waals surface area contributed by atoms with E-state index in [1.165, 1.54) is 12.0 Å². The van der Waals surface area contributed by atoms with Crippen molar-refractivity contribution in [2.24, 2.45) is 5.16 Å². The van der Waals surface area contributed by atoms with Crippen molar-refractivity contribution in [1.82, 2.24) is 4.90 Å². The normalized spacial score (nSPS) is 20.2. The lowest BCUT2D eigenvalue weighted by molar-refractivity contribution is 0.0267. The molecule has 1 unspecified atom stereocenters. The molecule has 0 heterocycles. The van der Waals surface area contributed by atoms with Crippen LogP contribution in [0.4, 0.5) is 0 Å². The Balaban J connectivity index is 2.00. The van der Waals surface area contributed by atoms with E-state index >= 15 is 0 Å². The minimum absolute atomic E-state index is 0.218. The first-order valence-corrected chi connectivity index (χ1v) is 8.40. The average molecular weight is 337 g/mol. The number of nitrogens with zero attached hydrogens (tertiary/aromatic N) is 2. The maximum atomic E-state index is 9.81. The highest BCUT2D eigenvalue weighted by atomic mass is 35.5. The molecule has 4 nitrogen and oxygen atoms in total. The standard InChI is InChI=1S/C18H25ClN2O2/c1-21(2)12-17(22)13-23-20-18-6-4-3-5-15(18)11-14-7-9-16(19)10-8-14/h7-11,17,22H,3-6,12-13H2,1-2H3/b15-11+,20-18+. The summed E-state index contributed by atoms with van der Waals surface area (Å²) >= 11 is 5.93. The molecule has 0 radical (unpaired) electrons. The molecule has 5 heteroatoms. The second-order valence-corrected chi connectivity index (χ2v) is 6.61. The molecule has 0 spiro atoms. The van der Waals surface area contributed by atoms with Crippen molar-refractivity contribution in [3.8, 4) is 0 Å². The molecule has 2 rings (SSSR count). The van der Waals surface area contributed by atoms with Crippen LogP contribution in [0.25, 0.3) is 6.08 Å². The summed E-state index contributed by atoms with van der Waals surface area (Å²) in [7, 11) is 3.84. The quantitative estimate of drug-likeness (QED) is 0.807. The number of likely N-dealkylation sites (N-methyl/N-ethyl adjacent to an activating group) is 1. The van der Waals surface area contributed by atoms with Crippen LogP contribution in [0.1, 0.15) is 31.2 Å². The Labute approximate surface area is 143 Å². The summed E-state index contributed by atoms with van der Waals surface area (Å²) in [5.74, 6) is 0. The molecule has 0 aromatic heterocycles. The number of benzene rings is 1. The van der Waals surface area contributed by atoms with Gasteiger partial charge in [-0.3, -0.25) is 0 Å². The Bertz CT molecular complexity index is 553. The maximum Gasteiger partial charge on any atom is 0.144 e. The lowest BCUT2D eigenvalue weighted by Gasteiger charge is -2.18. The van der Waals surface area contributed by atoms with E-state index in [0.717, 1.165) is 35.6 Å². The summed E-state index contributed by atoms with van der Waals surface area (Å²) < 4.78 is 0. The molecule has 23 heavy (non-hydrogen) atoms. The van der Waals surface area contributed by atoms with E-state index in [1.807, 2.05) is 43.3 Å². The lowest BCUT2D eigenvalue weighted by Crippen LogP contribution is -2.29. The first-order chi connectivity index (χ1) is 11.0. The summed E-state index contributed by atoms with van der Waals surface area (Å²) in [6, 6.07) is 7.79. The topological polar surface area (TPSA) is 45.1 Å². The SMILES string of the molecule is CN(C)CC(O)CO/N=C1\CCCC\C1=C/c1ccc(Cl)cc1. The van der Waals surface area contributed by atoms with E-state index in [1.54, 1.807) is 0 Å². The highest BCUT2D eigenvalue weighted by Crippen LogP contribution is 2.24. The first kappa shape index (κ1) is 18.0. The van der Waals surface area contributed by atoms with Crippen molar-refractivity contribution in [1.29, 1.82) is 0 Å². The van der Waals surface area contributed by atoms with Gasteiger partial charge in [0.1, 0.15) is 12.7 Å². The molecular formula is C18H25ClN2O2. The van der Waals surface area contributed by atoms with Gasteiger partial charge in [0, 0.05) is 11.6 Å². The van der Waals surface area contributed by atoms with Gasteiger partial charge in [0.15, 0.2) is 0 Å². The molecule has 0 bridgehead atoms. The third-order valence-corrected chi connectivity index (χ3v) is 3.96. The van der Waals surface area contributed by atoms with Crippen LogP contribution in [0.2, 0.25) is 5.02 Å². The third kappa shape index (κ3) is 6.34. The van der Waals surface area contributed by atoms with Gasteiger partial charge in [-0.05, 0) is 69.1 Å². The number of aliphatic hydroxyl groups is 1. The van der Waals surface area contributed by atoms with Crippen molar-refractivity contribution in [2.75, 3.05) is 27.2 Å². The Morgan fingerprint density at radius 1 is 1.26 bits per heavy atom. The van der Waals surface area contributed by atoms with E-state index in [9.17, 15) is 5.11 Å². The van der Waals surface area contributed by atoms with Gasteiger partial charge in [-0.2, -0.15) is 0 Å². The number of aliphatic hydroxyl groups excluding tert-OH is 1. The van der Waals surface area contributed by atoms with Gasteiger partial charge in [-0.15, -0.1) is 0 Å². The second kappa shape index (κ2) is 9.06. The van der Waals surface area contributed by atoms with Crippen LogP contribution in [-0.4, -0.2) is 49.1 Å². The fourth-order valence-electron chi connectivity index (χ4n) is 2.61. The second-order valence-electron chi connectivity index (χ2n) is 6.18. The van der Waals surface area contributed by atoms with Crippen LogP contribution in [0.5, 0.6) is 0 Å². The van der Waals surface area contributed by atoms with Crippen molar-refractivity contribution < 1.29 is 9.94 Å². The van der Waals surface area contributed by atoms with Gasteiger partial charge in [0.25, 0.3) is 0 Å². The summed E-state index contributed by atoms with van der Waals surface area (Å²) in [5, 5.41) is 14.8. The van der Waals surface area contributed by atoms with E-state index in [2.05, 4.69) is 11.2 Å². The number of rotatable bonds is 6. The number of oxime groups is 1. The van der Waals surface area contributed by atoms with Gasteiger partial charge >= 0.3 is 0 Å². The number of halogens is 1. The molecular weight excluding hydrogens is 312 g/mol. The van der Waals surface area contributed by atoms with E-state index < -0.39 is 6.10 Å². The molecule has 1 aliphatic carbocycles. The summed E-state index contributed by atoms with van der Waals surface area (Å²) in [6.07, 6.45) is 5.84. The fourth-order valence-corrected chi connectivity index (χ4v) is 2.73. The summed E-state index contributed by atoms with van der Waals surface area (Å²) in [6.45, 7) is 0.786. The molecule has 126 valence electrons. The van der Waals surface area contributed by atoms with E-state index in [4.69, 9.17) is 16.4 Å². The van der Waals surface area contributed by atoms with Gasteiger partial charge < -0.3 is 14.8 Å². The van der Waals surface area contributed by atoms with Crippen molar-refractivity contribution in [3.63, 3.8) is 0 Å². The molecule has 1 aromatic rings. The predicted octanol–water partition coefficient (Wildman–Crippen LogP) is 3.59. The monoisotopic (exact) mass is 336 g/mol. The number of hydrogen-bond acceptors (Lipinski definition) is 4. The average Bonchev–Trinajstić information content (AvgIpc) is 2.50. The van der Waals surface area contributed by atoms with Crippen LogP contribution >= 0.6 is 11.6 Å². The van der Waals surface area contributed by atoms with Crippen LogP contribution in [0.15, 0.2) is 35.0 Å². The van der Waals surface area contributed by atoms with E-state index in [0.29, 0.717) is 6.54 Å². The van der Waals surface area contributed by atoms with Gasteiger partial charge in [-0.1, -0.05) is 28.9 Å². The Morgan fingerprint density at radius 3 is 2.65 bits per heavy atom. The highest BCUT2D eigenvalue weighted by molar-refractivity contribution is 6.30. The van der Waals surface area contributed by atoms with Crippen LogP contribution in [0.3, 0.4) is 0 Å². The molecule has 1 atom stereocenters. The van der Waals surface area contributed by atoms with Crippen molar-refractivity contribution >= 4 is 23.4 Å². The molecule has 0 amide bonds. The first-order valence-electron chi connectivity index (χ1n) is 8.03. The Kier molecular flexibility index (Phi) is 7.09. The minimum atomic E-state index is -0.526. The van der Waals surface area contributed by atoms with Crippen molar-refractivity contribution in [3.05, 3.63) is 40.4 Å². The molecule has 0 saturated heterocycles. The molecule has 1 aliphatic rings. The zero-order valence-electron chi connectivity index (χ0n) is 13.8. The molecule has 1 N–H and O–H groups in total. The molecule has 1 aromatic carbocycles. The summed E-state index contributed by atoms with van der Waals surface area (Å²) in [4.78, 5) is 7.30. The lowest BCUT2D eigenvalue weighted by atomic mass is 9.91.